The summed E-state index contributed by atoms with van der Waals surface area (Å²) in [6.45, 7) is 0. The molecular weight excluding hydrogens is 289 g/mol. The molecule has 1 heterocycles. The highest BCUT2D eigenvalue weighted by molar-refractivity contribution is 9.10. The Morgan fingerprint density at radius 3 is 2.62 bits per heavy atom. The Kier molecular flexibility index (Phi) is 3.59. The summed E-state index contributed by atoms with van der Waals surface area (Å²) in [7, 11) is 0. The number of aliphatic hydroxyl groups is 1. The van der Waals surface area contributed by atoms with Crippen molar-refractivity contribution in [2.75, 3.05) is 0 Å². The Labute approximate surface area is 107 Å². The van der Waals surface area contributed by atoms with E-state index in [1.165, 1.54) is 0 Å². The molecule has 0 aliphatic heterocycles. The second-order valence-electron chi connectivity index (χ2n) is 3.34. The standard InChI is InChI=1S/C12H9BrClNO/c13-10-7-15-11(14)6-9(10)12(16)8-4-2-1-3-5-8/h1-7,12,16H. The Balaban J connectivity index is 2.41. The predicted octanol–water partition coefficient (Wildman–Crippen LogP) is 3.58. The lowest BCUT2D eigenvalue weighted by Gasteiger charge is -2.13. The first-order chi connectivity index (χ1) is 7.68. The molecule has 2 nitrogen and oxygen atoms in total. The van der Waals surface area contributed by atoms with E-state index in [9.17, 15) is 5.11 Å². The Morgan fingerprint density at radius 2 is 1.94 bits per heavy atom. The van der Waals surface area contributed by atoms with Gasteiger partial charge < -0.3 is 5.11 Å². The first-order valence-electron chi connectivity index (χ1n) is 4.72. The second kappa shape index (κ2) is 4.95. The first-order valence-corrected chi connectivity index (χ1v) is 5.89. The molecule has 0 fully saturated rings. The molecule has 2 aromatic rings. The summed E-state index contributed by atoms with van der Waals surface area (Å²) in [6.07, 6.45) is 0.889. The van der Waals surface area contributed by atoms with Gasteiger partial charge in [-0.1, -0.05) is 41.9 Å². The van der Waals surface area contributed by atoms with Crippen molar-refractivity contribution in [3.8, 4) is 0 Å². The zero-order chi connectivity index (χ0) is 11.5. The number of hydrogen-bond acceptors (Lipinski definition) is 2. The molecule has 0 saturated carbocycles. The van der Waals surface area contributed by atoms with Gasteiger partial charge in [0.1, 0.15) is 11.3 Å². The maximum atomic E-state index is 10.2. The summed E-state index contributed by atoms with van der Waals surface area (Å²) < 4.78 is 0.744. The van der Waals surface area contributed by atoms with E-state index in [1.54, 1.807) is 12.3 Å². The molecule has 0 aliphatic rings. The number of hydrogen-bond donors (Lipinski definition) is 1. The minimum Gasteiger partial charge on any atom is -0.384 e. The normalized spacial score (nSPS) is 12.4. The maximum Gasteiger partial charge on any atom is 0.129 e. The number of nitrogens with zero attached hydrogens (tertiary/aromatic N) is 1. The van der Waals surface area contributed by atoms with Crippen LogP contribution in [0.5, 0.6) is 0 Å². The molecule has 82 valence electrons. The van der Waals surface area contributed by atoms with E-state index in [1.807, 2.05) is 30.3 Å². The lowest BCUT2D eigenvalue weighted by molar-refractivity contribution is 0.219. The Hall–Kier alpha value is -0.900. The van der Waals surface area contributed by atoms with Crippen molar-refractivity contribution in [3.63, 3.8) is 0 Å². The van der Waals surface area contributed by atoms with Gasteiger partial charge in [-0.15, -0.1) is 0 Å². The van der Waals surface area contributed by atoms with E-state index >= 15 is 0 Å². The van der Waals surface area contributed by atoms with Crippen LogP contribution in [0.2, 0.25) is 5.15 Å². The minimum absolute atomic E-state index is 0.369. The van der Waals surface area contributed by atoms with Gasteiger partial charge in [0.25, 0.3) is 0 Å². The molecule has 1 aromatic heterocycles. The molecule has 1 N–H and O–H groups in total. The summed E-state index contributed by atoms with van der Waals surface area (Å²) in [6, 6.07) is 11.1. The monoisotopic (exact) mass is 297 g/mol. The molecule has 0 radical (unpaired) electrons. The number of benzene rings is 1. The van der Waals surface area contributed by atoms with Crippen molar-refractivity contribution in [2.45, 2.75) is 6.10 Å². The van der Waals surface area contributed by atoms with Crippen molar-refractivity contribution in [1.82, 2.24) is 4.98 Å². The highest BCUT2D eigenvalue weighted by Crippen LogP contribution is 2.29. The molecule has 16 heavy (non-hydrogen) atoms. The highest BCUT2D eigenvalue weighted by atomic mass is 79.9. The molecule has 1 aromatic carbocycles. The molecule has 2 rings (SSSR count). The first kappa shape index (κ1) is 11.6. The van der Waals surface area contributed by atoms with Gasteiger partial charge in [-0.3, -0.25) is 0 Å². The number of pyridine rings is 1. The van der Waals surface area contributed by atoms with Crippen LogP contribution in [0.25, 0.3) is 0 Å². The number of rotatable bonds is 2. The van der Waals surface area contributed by atoms with E-state index in [0.29, 0.717) is 10.7 Å². The molecule has 0 saturated heterocycles. The van der Waals surface area contributed by atoms with Crippen LogP contribution in [0.15, 0.2) is 47.1 Å². The summed E-state index contributed by atoms with van der Waals surface area (Å²) >= 11 is 9.15. The van der Waals surface area contributed by atoms with Crippen LogP contribution in [-0.2, 0) is 0 Å². The van der Waals surface area contributed by atoms with E-state index in [2.05, 4.69) is 20.9 Å². The SMILES string of the molecule is OC(c1ccccc1)c1cc(Cl)ncc1Br. The van der Waals surface area contributed by atoms with Crippen molar-refractivity contribution >= 4 is 27.5 Å². The summed E-state index contributed by atoms with van der Waals surface area (Å²) in [5.74, 6) is 0. The molecule has 0 spiro atoms. The highest BCUT2D eigenvalue weighted by Gasteiger charge is 2.14. The topological polar surface area (TPSA) is 33.1 Å². The fourth-order valence-electron chi connectivity index (χ4n) is 1.45. The number of aromatic nitrogens is 1. The molecule has 0 bridgehead atoms. The molecule has 0 amide bonds. The van der Waals surface area contributed by atoms with Crippen molar-refractivity contribution in [3.05, 3.63) is 63.3 Å². The van der Waals surface area contributed by atoms with E-state index in [0.717, 1.165) is 10.0 Å². The zero-order valence-electron chi connectivity index (χ0n) is 8.27. The van der Waals surface area contributed by atoms with Gasteiger partial charge in [0.15, 0.2) is 0 Å². The van der Waals surface area contributed by atoms with Crippen molar-refractivity contribution in [1.29, 1.82) is 0 Å². The molecule has 1 atom stereocenters. The van der Waals surface area contributed by atoms with Crippen molar-refractivity contribution in [2.24, 2.45) is 0 Å². The Morgan fingerprint density at radius 1 is 1.25 bits per heavy atom. The average Bonchev–Trinajstić information content (AvgIpc) is 2.32. The smallest absolute Gasteiger partial charge is 0.129 e. The third kappa shape index (κ3) is 2.43. The lowest BCUT2D eigenvalue weighted by Crippen LogP contribution is -2.01. The van der Waals surface area contributed by atoms with Gasteiger partial charge in [-0.05, 0) is 27.6 Å². The Bertz CT molecular complexity index is 490. The van der Waals surface area contributed by atoms with Crippen LogP contribution in [0.4, 0.5) is 0 Å². The van der Waals surface area contributed by atoms with Gasteiger partial charge in [-0.25, -0.2) is 4.98 Å². The van der Waals surface area contributed by atoms with E-state index < -0.39 is 6.10 Å². The van der Waals surface area contributed by atoms with Crippen LogP contribution < -0.4 is 0 Å². The number of aliphatic hydroxyl groups excluding tert-OH is 1. The lowest BCUT2D eigenvalue weighted by atomic mass is 10.0. The van der Waals surface area contributed by atoms with Gasteiger partial charge in [0.05, 0.1) is 0 Å². The summed E-state index contributed by atoms with van der Waals surface area (Å²) in [4.78, 5) is 3.92. The molecule has 4 heteroatoms. The maximum absolute atomic E-state index is 10.2. The van der Waals surface area contributed by atoms with Gasteiger partial charge >= 0.3 is 0 Å². The molecule has 0 aliphatic carbocycles. The van der Waals surface area contributed by atoms with Gasteiger partial charge in [0, 0.05) is 16.2 Å². The van der Waals surface area contributed by atoms with Gasteiger partial charge in [0.2, 0.25) is 0 Å². The quantitative estimate of drug-likeness (QED) is 0.860. The van der Waals surface area contributed by atoms with E-state index in [4.69, 9.17) is 11.6 Å². The van der Waals surface area contributed by atoms with Crippen LogP contribution in [0.1, 0.15) is 17.2 Å². The largest absolute Gasteiger partial charge is 0.384 e. The van der Waals surface area contributed by atoms with Crippen LogP contribution >= 0.6 is 27.5 Å². The van der Waals surface area contributed by atoms with Crippen molar-refractivity contribution < 1.29 is 5.11 Å². The fraction of sp³-hybridized carbons (Fsp3) is 0.0833. The minimum atomic E-state index is -0.698. The predicted molar refractivity (Wildman–Crippen MR) is 67.5 cm³/mol. The average molecular weight is 299 g/mol. The van der Waals surface area contributed by atoms with Crippen LogP contribution in [0, 0.1) is 0 Å². The fourth-order valence-corrected chi connectivity index (χ4v) is 2.05. The third-order valence-electron chi connectivity index (χ3n) is 2.26. The molecule has 1 unspecified atom stereocenters. The zero-order valence-corrected chi connectivity index (χ0v) is 10.6. The second-order valence-corrected chi connectivity index (χ2v) is 4.58. The van der Waals surface area contributed by atoms with Crippen LogP contribution in [-0.4, -0.2) is 10.1 Å². The van der Waals surface area contributed by atoms with Gasteiger partial charge in [-0.2, -0.15) is 0 Å². The van der Waals surface area contributed by atoms with Crippen LogP contribution in [0.3, 0.4) is 0 Å². The van der Waals surface area contributed by atoms with E-state index in [-0.39, 0.29) is 0 Å². The number of halogens is 2. The summed E-state index contributed by atoms with van der Waals surface area (Å²) in [5, 5.41) is 10.5. The third-order valence-corrected chi connectivity index (χ3v) is 3.13. The molecular formula is C12H9BrClNO. The summed E-state index contributed by atoms with van der Waals surface area (Å²) in [5.41, 5.74) is 1.54.